The van der Waals surface area contributed by atoms with Gasteiger partial charge in [0.25, 0.3) is 5.91 Å². The Morgan fingerprint density at radius 2 is 1.58 bits per heavy atom. The van der Waals surface area contributed by atoms with E-state index in [0.717, 1.165) is 28.4 Å². The fourth-order valence-electron chi connectivity index (χ4n) is 3.52. The molecular weight excluding hydrogens is 418 g/mol. The maximum atomic E-state index is 12.1. The molecule has 0 bridgehead atoms. The first-order chi connectivity index (χ1) is 16.2. The van der Waals surface area contributed by atoms with Gasteiger partial charge in [0.2, 0.25) is 0 Å². The van der Waals surface area contributed by atoms with Gasteiger partial charge in [-0.1, -0.05) is 30.3 Å². The Kier molecular flexibility index (Phi) is 7.43. The summed E-state index contributed by atoms with van der Waals surface area (Å²) in [5, 5.41) is 2.91. The Balaban J connectivity index is 1.32. The van der Waals surface area contributed by atoms with Gasteiger partial charge in [-0.05, 0) is 48.5 Å². The standard InChI is InChI=1S/C26H27N3O4/c1-31-20-11-13-22(14-12-20)32-18-17-29-24-10-6-5-9-23(24)28-25(29)15-16-27-26(30)19-33-21-7-3-2-4-8-21/h2-14H,15-19H2,1H3,(H,27,30). The van der Waals surface area contributed by atoms with E-state index in [-0.39, 0.29) is 12.5 Å². The van der Waals surface area contributed by atoms with Crippen LogP contribution in [0.3, 0.4) is 0 Å². The van der Waals surface area contributed by atoms with E-state index >= 15 is 0 Å². The monoisotopic (exact) mass is 445 g/mol. The minimum atomic E-state index is -0.163. The van der Waals surface area contributed by atoms with Gasteiger partial charge in [0.05, 0.1) is 24.7 Å². The van der Waals surface area contributed by atoms with Crippen molar-refractivity contribution in [1.82, 2.24) is 14.9 Å². The fourth-order valence-corrected chi connectivity index (χ4v) is 3.52. The van der Waals surface area contributed by atoms with Crippen LogP contribution in [0.2, 0.25) is 0 Å². The molecule has 0 fully saturated rings. The molecular formula is C26H27N3O4. The summed E-state index contributed by atoms with van der Waals surface area (Å²) in [4.78, 5) is 16.9. The van der Waals surface area contributed by atoms with E-state index < -0.39 is 0 Å². The molecule has 0 spiro atoms. The summed E-state index contributed by atoms with van der Waals surface area (Å²) in [5.41, 5.74) is 1.97. The fraction of sp³-hybridized carbons (Fsp3) is 0.231. The molecule has 7 nitrogen and oxygen atoms in total. The van der Waals surface area contributed by atoms with Crippen LogP contribution in [0, 0.1) is 0 Å². The van der Waals surface area contributed by atoms with E-state index in [2.05, 4.69) is 9.88 Å². The molecule has 4 rings (SSSR count). The maximum absolute atomic E-state index is 12.1. The second-order valence-electron chi connectivity index (χ2n) is 7.39. The lowest BCUT2D eigenvalue weighted by atomic mass is 10.3. The average molecular weight is 446 g/mol. The lowest BCUT2D eigenvalue weighted by molar-refractivity contribution is -0.123. The largest absolute Gasteiger partial charge is 0.497 e. The van der Waals surface area contributed by atoms with Gasteiger partial charge in [-0.3, -0.25) is 4.79 Å². The van der Waals surface area contributed by atoms with Crippen LogP contribution < -0.4 is 19.5 Å². The van der Waals surface area contributed by atoms with E-state index in [1.54, 1.807) is 7.11 Å². The molecule has 0 aliphatic carbocycles. The van der Waals surface area contributed by atoms with Crippen molar-refractivity contribution in [2.24, 2.45) is 0 Å². The van der Waals surface area contributed by atoms with Gasteiger partial charge in [-0.15, -0.1) is 0 Å². The Hall–Kier alpha value is -4.00. The number of nitrogens with zero attached hydrogens (tertiary/aromatic N) is 2. The highest BCUT2D eigenvalue weighted by Gasteiger charge is 2.11. The molecule has 0 saturated heterocycles. The van der Waals surface area contributed by atoms with Crippen LogP contribution in [0.1, 0.15) is 5.82 Å². The van der Waals surface area contributed by atoms with Gasteiger partial charge < -0.3 is 24.1 Å². The molecule has 0 atom stereocenters. The van der Waals surface area contributed by atoms with Crippen molar-refractivity contribution >= 4 is 16.9 Å². The molecule has 1 N–H and O–H groups in total. The van der Waals surface area contributed by atoms with E-state index in [1.807, 2.05) is 78.9 Å². The lowest BCUT2D eigenvalue weighted by Crippen LogP contribution is -2.31. The molecule has 0 unspecified atom stereocenters. The van der Waals surface area contributed by atoms with Gasteiger partial charge in [0.1, 0.15) is 29.7 Å². The number of carbonyl (C=O) groups is 1. The number of hydrogen-bond acceptors (Lipinski definition) is 5. The van der Waals surface area contributed by atoms with Crippen molar-refractivity contribution in [1.29, 1.82) is 0 Å². The van der Waals surface area contributed by atoms with Crippen molar-refractivity contribution in [2.75, 3.05) is 26.9 Å². The molecule has 0 radical (unpaired) electrons. The zero-order chi connectivity index (χ0) is 22.9. The summed E-state index contributed by atoms with van der Waals surface area (Å²) in [7, 11) is 1.64. The van der Waals surface area contributed by atoms with Gasteiger partial charge in [-0.25, -0.2) is 4.98 Å². The van der Waals surface area contributed by atoms with Crippen molar-refractivity contribution in [2.45, 2.75) is 13.0 Å². The van der Waals surface area contributed by atoms with Gasteiger partial charge in [0.15, 0.2) is 6.61 Å². The second-order valence-corrected chi connectivity index (χ2v) is 7.39. The van der Waals surface area contributed by atoms with E-state index in [9.17, 15) is 4.79 Å². The minimum absolute atomic E-state index is 0.0177. The summed E-state index contributed by atoms with van der Waals surface area (Å²) in [6.07, 6.45) is 0.605. The van der Waals surface area contributed by atoms with Crippen LogP contribution >= 0.6 is 0 Å². The summed E-state index contributed by atoms with van der Waals surface area (Å²) in [5.74, 6) is 2.99. The van der Waals surface area contributed by atoms with Crippen LogP contribution in [0.4, 0.5) is 0 Å². The molecule has 0 aliphatic rings. The molecule has 170 valence electrons. The summed E-state index contributed by atoms with van der Waals surface area (Å²) >= 11 is 0. The zero-order valence-electron chi connectivity index (χ0n) is 18.6. The number of carbonyl (C=O) groups excluding carboxylic acids is 1. The van der Waals surface area contributed by atoms with Crippen LogP contribution in [-0.2, 0) is 17.8 Å². The first kappa shape index (κ1) is 22.2. The van der Waals surface area contributed by atoms with E-state index in [1.165, 1.54) is 0 Å². The molecule has 1 heterocycles. The summed E-state index contributed by atoms with van der Waals surface area (Å²) in [6.45, 7) is 1.60. The number of benzene rings is 3. The third kappa shape index (κ3) is 6.04. The number of nitrogens with one attached hydrogen (secondary N) is 1. The zero-order valence-corrected chi connectivity index (χ0v) is 18.6. The highest BCUT2D eigenvalue weighted by molar-refractivity contribution is 5.77. The number of aromatic nitrogens is 2. The normalized spacial score (nSPS) is 10.7. The van der Waals surface area contributed by atoms with Crippen molar-refractivity contribution in [3.63, 3.8) is 0 Å². The third-order valence-electron chi connectivity index (χ3n) is 5.16. The molecule has 1 aromatic heterocycles. The number of rotatable bonds is 11. The topological polar surface area (TPSA) is 74.6 Å². The van der Waals surface area contributed by atoms with Crippen LogP contribution in [0.5, 0.6) is 17.2 Å². The predicted octanol–water partition coefficient (Wildman–Crippen LogP) is 3.86. The quantitative estimate of drug-likeness (QED) is 0.379. The number of para-hydroxylation sites is 3. The maximum Gasteiger partial charge on any atom is 0.257 e. The SMILES string of the molecule is COc1ccc(OCCn2c(CCNC(=O)COc3ccccc3)nc3ccccc32)cc1. The van der Waals surface area contributed by atoms with Crippen molar-refractivity contribution in [3.05, 3.63) is 84.7 Å². The van der Waals surface area contributed by atoms with Crippen molar-refractivity contribution < 1.29 is 19.0 Å². The highest BCUT2D eigenvalue weighted by atomic mass is 16.5. The van der Waals surface area contributed by atoms with Crippen LogP contribution in [0.15, 0.2) is 78.9 Å². The molecule has 3 aromatic carbocycles. The first-order valence-corrected chi connectivity index (χ1v) is 10.9. The molecule has 0 saturated carbocycles. The van der Waals surface area contributed by atoms with Crippen LogP contribution in [-0.4, -0.2) is 42.3 Å². The number of methoxy groups -OCH3 is 1. The van der Waals surface area contributed by atoms with Gasteiger partial charge in [-0.2, -0.15) is 0 Å². The second kappa shape index (κ2) is 11.0. The average Bonchev–Trinajstić information content (AvgIpc) is 3.21. The Morgan fingerprint density at radius 3 is 2.36 bits per heavy atom. The molecule has 0 aliphatic heterocycles. The van der Waals surface area contributed by atoms with E-state index in [0.29, 0.717) is 31.9 Å². The Labute approximate surface area is 192 Å². The summed E-state index contributed by atoms with van der Waals surface area (Å²) < 4.78 is 18.7. The number of ether oxygens (including phenoxy) is 3. The van der Waals surface area contributed by atoms with Gasteiger partial charge >= 0.3 is 0 Å². The molecule has 7 heteroatoms. The van der Waals surface area contributed by atoms with Crippen molar-refractivity contribution in [3.8, 4) is 17.2 Å². The molecule has 4 aromatic rings. The number of hydrogen-bond donors (Lipinski definition) is 1. The van der Waals surface area contributed by atoms with Crippen LogP contribution in [0.25, 0.3) is 11.0 Å². The summed E-state index contributed by atoms with van der Waals surface area (Å²) in [6, 6.07) is 24.8. The Bertz CT molecular complexity index is 1170. The third-order valence-corrected chi connectivity index (χ3v) is 5.16. The smallest absolute Gasteiger partial charge is 0.257 e. The predicted molar refractivity (Wildman–Crippen MR) is 127 cm³/mol. The number of amides is 1. The molecule has 1 amide bonds. The first-order valence-electron chi connectivity index (χ1n) is 10.9. The number of imidazole rings is 1. The molecule has 33 heavy (non-hydrogen) atoms. The minimum Gasteiger partial charge on any atom is -0.497 e. The lowest BCUT2D eigenvalue weighted by Gasteiger charge is -2.12. The number of fused-ring (bicyclic) bond motifs is 1. The Morgan fingerprint density at radius 1 is 0.879 bits per heavy atom. The van der Waals surface area contributed by atoms with Gasteiger partial charge in [0, 0.05) is 13.0 Å². The van der Waals surface area contributed by atoms with E-state index in [4.69, 9.17) is 19.2 Å². The highest BCUT2D eigenvalue weighted by Crippen LogP contribution is 2.19.